The number of hydrogen-bond acceptors (Lipinski definition) is 1. The summed E-state index contributed by atoms with van der Waals surface area (Å²) in [6.07, 6.45) is 0. The van der Waals surface area contributed by atoms with Crippen molar-refractivity contribution in [2.45, 2.75) is 6.92 Å². The number of ketones is 1. The van der Waals surface area contributed by atoms with Gasteiger partial charge in [0.15, 0.2) is 23.2 Å². The maximum Gasteiger partial charge on any atom is 0.196 e. The molecule has 0 spiro atoms. The Bertz CT molecular complexity index is 620. The molecule has 0 unspecified atom stereocenters. The van der Waals surface area contributed by atoms with Crippen molar-refractivity contribution < 1.29 is 18.0 Å². The van der Waals surface area contributed by atoms with Crippen LogP contribution in [0.25, 0.3) is 0 Å². The van der Waals surface area contributed by atoms with Crippen molar-refractivity contribution in [1.29, 1.82) is 0 Å². The number of hydrogen-bond donors (Lipinski definition) is 0. The van der Waals surface area contributed by atoms with Crippen molar-refractivity contribution in [1.82, 2.24) is 0 Å². The van der Waals surface area contributed by atoms with Crippen LogP contribution in [0.2, 0.25) is 0 Å². The van der Waals surface area contributed by atoms with E-state index in [-0.39, 0.29) is 5.56 Å². The Kier molecular flexibility index (Phi) is 3.19. The summed E-state index contributed by atoms with van der Waals surface area (Å²) >= 11 is 0. The Hall–Kier alpha value is -2.10. The molecular formula is C14H9F3O. The Morgan fingerprint density at radius 3 is 2.22 bits per heavy atom. The summed E-state index contributed by atoms with van der Waals surface area (Å²) in [5, 5.41) is 0. The van der Waals surface area contributed by atoms with Crippen molar-refractivity contribution >= 4 is 5.78 Å². The predicted octanol–water partition coefficient (Wildman–Crippen LogP) is 3.64. The first-order valence-corrected chi connectivity index (χ1v) is 5.26. The lowest BCUT2D eigenvalue weighted by Crippen LogP contribution is -2.08. The first kappa shape index (κ1) is 12.4. The lowest BCUT2D eigenvalue weighted by Gasteiger charge is -2.06. The molecule has 2 rings (SSSR count). The van der Waals surface area contributed by atoms with Crippen LogP contribution in [-0.2, 0) is 0 Å². The molecule has 0 atom stereocenters. The lowest BCUT2D eigenvalue weighted by atomic mass is 9.99. The zero-order chi connectivity index (χ0) is 13.3. The van der Waals surface area contributed by atoms with Gasteiger partial charge in [0.2, 0.25) is 0 Å². The molecule has 0 aliphatic heterocycles. The number of carbonyl (C=O) groups excluding carboxylic acids is 1. The Morgan fingerprint density at radius 2 is 1.56 bits per heavy atom. The minimum absolute atomic E-state index is 0.266. The van der Waals surface area contributed by atoms with E-state index >= 15 is 0 Å². The molecule has 0 amide bonds. The molecule has 0 saturated heterocycles. The Balaban J connectivity index is 2.54. The van der Waals surface area contributed by atoms with Gasteiger partial charge >= 0.3 is 0 Å². The largest absolute Gasteiger partial charge is 0.288 e. The van der Waals surface area contributed by atoms with E-state index in [0.29, 0.717) is 5.56 Å². The molecular weight excluding hydrogens is 241 g/mol. The van der Waals surface area contributed by atoms with Crippen molar-refractivity contribution in [3.05, 3.63) is 70.5 Å². The number of halogens is 3. The summed E-state index contributed by atoms with van der Waals surface area (Å²) in [6.45, 7) is 1.69. The van der Waals surface area contributed by atoms with E-state index < -0.39 is 28.8 Å². The van der Waals surface area contributed by atoms with Gasteiger partial charge in [0.05, 0.1) is 5.56 Å². The average molecular weight is 250 g/mol. The van der Waals surface area contributed by atoms with Crippen LogP contribution in [0.5, 0.6) is 0 Å². The molecule has 2 aromatic rings. The molecule has 0 aromatic heterocycles. The maximum atomic E-state index is 13.5. The van der Waals surface area contributed by atoms with Gasteiger partial charge in [-0.2, -0.15) is 0 Å². The molecule has 0 radical (unpaired) electrons. The molecule has 4 heteroatoms. The van der Waals surface area contributed by atoms with Gasteiger partial charge in [0.25, 0.3) is 0 Å². The first-order valence-electron chi connectivity index (χ1n) is 5.26. The monoisotopic (exact) mass is 250 g/mol. The predicted molar refractivity (Wildman–Crippen MR) is 60.9 cm³/mol. The van der Waals surface area contributed by atoms with Crippen LogP contribution in [0.4, 0.5) is 13.2 Å². The zero-order valence-electron chi connectivity index (χ0n) is 9.51. The van der Waals surface area contributed by atoms with Crippen molar-refractivity contribution in [3.63, 3.8) is 0 Å². The standard InChI is InChI=1S/C14H9F3O/c1-8-4-2-3-5-9(8)14(18)10-6-7-11(15)13(17)12(10)16/h2-7H,1H3. The van der Waals surface area contributed by atoms with Gasteiger partial charge in [-0.1, -0.05) is 24.3 Å². The first-order chi connectivity index (χ1) is 8.52. The lowest BCUT2D eigenvalue weighted by molar-refractivity contribution is 0.103. The van der Waals surface area contributed by atoms with Crippen LogP contribution in [0.3, 0.4) is 0 Å². The fourth-order valence-corrected chi connectivity index (χ4v) is 1.67. The third kappa shape index (κ3) is 2.01. The fraction of sp³-hybridized carbons (Fsp3) is 0.0714. The highest BCUT2D eigenvalue weighted by molar-refractivity contribution is 6.10. The highest BCUT2D eigenvalue weighted by Crippen LogP contribution is 2.20. The molecule has 0 saturated carbocycles. The molecule has 0 bridgehead atoms. The molecule has 18 heavy (non-hydrogen) atoms. The number of aryl methyl sites for hydroxylation is 1. The van der Waals surface area contributed by atoms with E-state index in [4.69, 9.17) is 0 Å². The summed E-state index contributed by atoms with van der Waals surface area (Å²) in [7, 11) is 0. The van der Waals surface area contributed by atoms with E-state index in [1.54, 1.807) is 25.1 Å². The van der Waals surface area contributed by atoms with Crippen LogP contribution >= 0.6 is 0 Å². The maximum absolute atomic E-state index is 13.5. The van der Waals surface area contributed by atoms with Gasteiger partial charge in [-0.25, -0.2) is 13.2 Å². The van der Waals surface area contributed by atoms with E-state index in [1.807, 2.05) is 0 Å². The average Bonchev–Trinajstić information content (AvgIpc) is 2.36. The molecule has 0 fully saturated rings. The molecule has 0 aliphatic carbocycles. The zero-order valence-corrected chi connectivity index (χ0v) is 9.51. The van der Waals surface area contributed by atoms with E-state index in [0.717, 1.165) is 12.1 Å². The highest BCUT2D eigenvalue weighted by Gasteiger charge is 2.20. The van der Waals surface area contributed by atoms with Gasteiger partial charge in [0, 0.05) is 5.56 Å². The quantitative estimate of drug-likeness (QED) is 0.587. The topological polar surface area (TPSA) is 17.1 Å². The summed E-state index contributed by atoms with van der Waals surface area (Å²) in [4.78, 5) is 12.0. The molecule has 0 heterocycles. The second kappa shape index (κ2) is 4.64. The number of rotatable bonds is 2. The summed E-state index contributed by atoms with van der Waals surface area (Å²) in [5.74, 6) is -5.06. The molecule has 0 N–H and O–H groups in total. The summed E-state index contributed by atoms with van der Waals surface area (Å²) in [6, 6.07) is 8.24. The van der Waals surface area contributed by atoms with Gasteiger partial charge in [-0.05, 0) is 24.6 Å². The van der Waals surface area contributed by atoms with Crippen LogP contribution in [0.15, 0.2) is 36.4 Å². The normalized spacial score (nSPS) is 10.4. The molecule has 92 valence electrons. The number of benzene rings is 2. The molecule has 0 aliphatic rings. The van der Waals surface area contributed by atoms with Gasteiger partial charge in [-0.15, -0.1) is 0 Å². The summed E-state index contributed by atoms with van der Waals surface area (Å²) in [5.41, 5.74) is 0.442. The summed E-state index contributed by atoms with van der Waals surface area (Å²) < 4.78 is 39.3. The van der Waals surface area contributed by atoms with E-state index in [9.17, 15) is 18.0 Å². The molecule has 2 aromatic carbocycles. The third-order valence-electron chi connectivity index (χ3n) is 2.67. The van der Waals surface area contributed by atoms with E-state index in [2.05, 4.69) is 0 Å². The highest BCUT2D eigenvalue weighted by atomic mass is 19.2. The van der Waals surface area contributed by atoms with Crippen LogP contribution < -0.4 is 0 Å². The smallest absolute Gasteiger partial charge is 0.196 e. The van der Waals surface area contributed by atoms with Crippen LogP contribution in [0, 0.1) is 24.4 Å². The second-order valence-corrected chi connectivity index (χ2v) is 3.87. The van der Waals surface area contributed by atoms with Crippen LogP contribution in [-0.4, -0.2) is 5.78 Å². The minimum Gasteiger partial charge on any atom is -0.288 e. The fourth-order valence-electron chi connectivity index (χ4n) is 1.67. The van der Waals surface area contributed by atoms with Crippen molar-refractivity contribution in [3.8, 4) is 0 Å². The van der Waals surface area contributed by atoms with Gasteiger partial charge in [-0.3, -0.25) is 4.79 Å². The SMILES string of the molecule is Cc1ccccc1C(=O)c1ccc(F)c(F)c1F. The Morgan fingerprint density at radius 1 is 0.889 bits per heavy atom. The third-order valence-corrected chi connectivity index (χ3v) is 2.67. The van der Waals surface area contributed by atoms with Gasteiger partial charge in [0.1, 0.15) is 0 Å². The second-order valence-electron chi connectivity index (χ2n) is 3.87. The molecule has 1 nitrogen and oxygen atoms in total. The van der Waals surface area contributed by atoms with Gasteiger partial charge < -0.3 is 0 Å². The number of carbonyl (C=O) groups is 1. The van der Waals surface area contributed by atoms with Crippen LogP contribution in [0.1, 0.15) is 21.5 Å². The minimum atomic E-state index is -1.63. The van der Waals surface area contributed by atoms with E-state index in [1.165, 1.54) is 6.07 Å². The van der Waals surface area contributed by atoms with Crippen molar-refractivity contribution in [2.75, 3.05) is 0 Å². The Labute approximate surface area is 102 Å². The van der Waals surface area contributed by atoms with Crippen molar-refractivity contribution in [2.24, 2.45) is 0 Å².